The van der Waals surface area contributed by atoms with E-state index in [4.69, 9.17) is 0 Å². The first-order valence-electron chi connectivity index (χ1n) is 5.60. The van der Waals surface area contributed by atoms with Gasteiger partial charge in [-0.05, 0) is 60.4 Å². The molecule has 1 aromatic rings. The molecule has 0 atom stereocenters. The van der Waals surface area contributed by atoms with Gasteiger partial charge in [0.2, 0.25) is 0 Å². The summed E-state index contributed by atoms with van der Waals surface area (Å²) in [5, 5.41) is 0. The molecule has 1 fully saturated rings. The number of hydrogen-bond donors (Lipinski definition) is 0. The van der Waals surface area contributed by atoms with Gasteiger partial charge in [0, 0.05) is 22.9 Å². The number of halogens is 1. The number of nitrogens with zero attached hydrogens (tertiary/aromatic N) is 2. The van der Waals surface area contributed by atoms with Gasteiger partial charge in [0.1, 0.15) is 5.69 Å². The summed E-state index contributed by atoms with van der Waals surface area (Å²) in [7, 11) is 0. The van der Waals surface area contributed by atoms with E-state index in [1.807, 2.05) is 17.9 Å². The zero-order valence-electron chi connectivity index (χ0n) is 9.37. The highest BCUT2D eigenvalue weighted by Crippen LogP contribution is 2.15. The molecule has 1 saturated heterocycles. The van der Waals surface area contributed by atoms with Crippen molar-refractivity contribution in [2.75, 3.05) is 13.1 Å². The lowest BCUT2D eigenvalue weighted by Gasteiger charge is -2.26. The number of likely N-dealkylation sites (tertiary alicyclic amines) is 1. The first kappa shape index (κ1) is 11.8. The van der Waals surface area contributed by atoms with Crippen molar-refractivity contribution in [1.82, 2.24) is 9.88 Å². The molecule has 0 radical (unpaired) electrons. The van der Waals surface area contributed by atoms with Crippen molar-refractivity contribution in [2.24, 2.45) is 0 Å². The first-order valence-corrected chi connectivity index (χ1v) is 6.68. The van der Waals surface area contributed by atoms with Crippen LogP contribution in [0.4, 0.5) is 0 Å². The molecule has 1 aliphatic rings. The van der Waals surface area contributed by atoms with Crippen LogP contribution in [0, 0.1) is 10.5 Å². The van der Waals surface area contributed by atoms with Crippen molar-refractivity contribution >= 4 is 28.5 Å². The molecule has 0 bridgehead atoms. The quantitative estimate of drug-likeness (QED) is 0.742. The van der Waals surface area contributed by atoms with Gasteiger partial charge in [-0.25, -0.2) is 4.98 Å². The maximum absolute atomic E-state index is 12.2. The van der Waals surface area contributed by atoms with Gasteiger partial charge >= 0.3 is 0 Å². The number of hydrogen-bond acceptors (Lipinski definition) is 2. The fourth-order valence-corrected chi connectivity index (χ4v) is 2.62. The lowest BCUT2D eigenvalue weighted by Crippen LogP contribution is -2.36. The molecule has 0 N–H and O–H groups in total. The second-order valence-electron chi connectivity index (χ2n) is 4.17. The fraction of sp³-hybridized carbons (Fsp3) is 0.500. The predicted molar refractivity (Wildman–Crippen MR) is 71.4 cm³/mol. The molecule has 0 aliphatic carbocycles. The van der Waals surface area contributed by atoms with Crippen molar-refractivity contribution in [3.8, 4) is 0 Å². The summed E-state index contributed by atoms with van der Waals surface area (Å²) in [6, 6.07) is 2.00. The van der Waals surface area contributed by atoms with Crippen molar-refractivity contribution < 1.29 is 4.79 Å². The van der Waals surface area contributed by atoms with Crippen LogP contribution in [0.5, 0.6) is 0 Å². The van der Waals surface area contributed by atoms with Crippen LogP contribution in [-0.2, 0) is 0 Å². The van der Waals surface area contributed by atoms with E-state index in [1.165, 1.54) is 6.42 Å². The van der Waals surface area contributed by atoms with Gasteiger partial charge in [0.25, 0.3) is 5.91 Å². The minimum absolute atomic E-state index is 0.0913. The molecule has 0 aromatic carbocycles. The zero-order chi connectivity index (χ0) is 11.5. The Hall–Kier alpha value is -0.650. The zero-order valence-corrected chi connectivity index (χ0v) is 11.5. The summed E-state index contributed by atoms with van der Waals surface area (Å²) in [5.41, 5.74) is 1.59. The van der Waals surface area contributed by atoms with E-state index in [9.17, 15) is 4.79 Å². The molecule has 3 nitrogen and oxygen atoms in total. The van der Waals surface area contributed by atoms with Crippen molar-refractivity contribution in [3.63, 3.8) is 0 Å². The largest absolute Gasteiger partial charge is 0.337 e. The summed E-state index contributed by atoms with van der Waals surface area (Å²) in [4.78, 5) is 18.4. The highest BCUT2D eigenvalue weighted by atomic mass is 127. The van der Waals surface area contributed by atoms with Crippen LogP contribution in [0.1, 0.15) is 35.3 Å². The number of piperidine rings is 1. The summed E-state index contributed by atoms with van der Waals surface area (Å²) < 4.78 is 1.07. The second-order valence-corrected chi connectivity index (χ2v) is 5.42. The molecule has 2 rings (SSSR count). The highest BCUT2D eigenvalue weighted by molar-refractivity contribution is 14.1. The summed E-state index contributed by atoms with van der Waals surface area (Å²) in [6.07, 6.45) is 5.23. The second kappa shape index (κ2) is 5.12. The van der Waals surface area contributed by atoms with E-state index in [0.29, 0.717) is 5.69 Å². The molecule has 0 unspecified atom stereocenters. The number of carbonyl (C=O) groups is 1. The maximum Gasteiger partial charge on any atom is 0.272 e. The summed E-state index contributed by atoms with van der Waals surface area (Å²) in [5.74, 6) is 0.0913. The Kier molecular flexibility index (Phi) is 3.78. The van der Waals surface area contributed by atoms with E-state index in [2.05, 4.69) is 27.6 Å². The molecule has 1 amide bonds. The van der Waals surface area contributed by atoms with Gasteiger partial charge in [0.15, 0.2) is 0 Å². The minimum Gasteiger partial charge on any atom is -0.337 e. The monoisotopic (exact) mass is 330 g/mol. The van der Waals surface area contributed by atoms with Crippen LogP contribution in [0.3, 0.4) is 0 Å². The molecule has 86 valence electrons. The normalized spacial score (nSPS) is 16.2. The Balaban J connectivity index is 2.19. The van der Waals surface area contributed by atoms with Gasteiger partial charge in [-0.2, -0.15) is 0 Å². The smallest absolute Gasteiger partial charge is 0.272 e. The third kappa shape index (κ3) is 2.53. The topological polar surface area (TPSA) is 33.2 Å². The number of carbonyl (C=O) groups excluding carboxylic acids is 1. The molecule has 0 saturated carbocycles. The van der Waals surface area contributed by atoms with Crippen LogP contribution >= 0.6 is 22.6 Å². The molecule has 0 spiro atoms. The Morgan fingerprint density at radius 3 is 2.69 bits per heavy atom. The fourth-order valence-electron chi connectivity index (χ4n) is 2.01. The minimum atomic E-state index is 0.0913. The van der Waals surface area contributed by atoms with E-state index in [0.717, 1.165) is 35.1 Å². The Bertz CT molecular complexity index is 400. The number of amides is 1. The van der Waals surface area contributed by atoms with Crippen LogP contribution in [0.15, 0.2) is 12.3 Å². The Labute approximate surface area is 109 Å². The van der Waals surface area contributed by atoms with Crippen LogP contribution in [0.25, 0.3) is 0 Å². The Morgan fingerprint density at radius 1 is 1.38 bits per heavy atom. The van der Waals surface area contributed by atoms with Crippen LogP contribution in [-0.4, -0.2) is 28.9 Å². The number of rotatable bonds is 1. The standard InChI is InChI=1S/C12H15IN2O/c1-9-7-10(13)8-14-11(9)12(16)15-5-3-2-4-6-15/h7-8H,2-6H2,1H3. The lowest BCUT2D eigenvalue weighted by molar-refractivity contribution is 0.0717. The van der Waals surface area contributed by atoms with Gasteiger partial charge < -0.3 is 4.90 Å². The molecular formula is C12H15IN2O. The maximum atomic E-state index is 12.2. The average molecular weight is 330 g/mol. The van der Waals surface area contributed by atoms with E-state index in [1.54, 1.807) is 6.20 Å². The van der Waals surface area contributed by atoms with E-state index in [-0.39, 0.29) is 5.91 Å². The predicted octanol–water partition coefficient (Wildman–Crippen LogP) is 2.62. The van der Waals surface area contributed by atoms with Crippen LogP contribution < -0.4 is 0 Å². The molecule has 2 heterocycles. The van der Waals surface area contributed by atoms with Gasteiger partial charge in [-0.1, -0.05) is 0 Å². The summed E-state index contributed by atoms with van der Waals surface area (Å²) >= 11 is 2.21. The summed E-state index contributed by atoms with van der Waals surface area (Å²) in [6.45, 7) is 3.71. The van der Waals surface area contributed by atoms with Gasteiger partial charge in [0.05, 0.1) is 0 Å². The molecule has 1 aromatic heterocycles. The SMILES string of the molecule is Cc1cc(I)cnc1C(=O)N1CCCCC1. The number of aromatic nitrogens is 1. The molecule has 16 heavy (non-hydrogen) atoms. The van der Waals surface area contributed by atoms with E-state index >= 15 is 0 Å². The van der Waals surface area contributed by atoms with Crippen LogP contribution in [0.2, 0.25) is 0 Å². The average Bonchev–Trinajstić information content (AvgIpc) is 2.29. The Morgan fingerprint density at radius 2 is 2.06 bits per heavy atom. The van der Waals surface area contributed by atoms with Gasteiger partial charge in [-0.15, -0.1) is 0 Å². The molecular weight excluding hydrogens is 315 g/mol. The van der Waals surface area contributed by atoms with E-state index < -0.39 is 0 Å². The van der Waals surface area contributed by atoms with Gasteiger partial charge in [-0.3, -0.25) is 4.79 Å². The molecule has 1 aliphatic heterocycles. The van der Waals surface area contributed by atoms with Crippen molar-refractivity contribution in [2.45, 2.75) is 26.2 Å². The molecule has 4 heteroatoms. The highest BCUT2D eigenvalue weighted by Gasteiger charge is 2.20. The first-order chi connectivity index (χ1) is 7.68. The third-order valence-corrected chi connectivity index (χ3v) is 3.48. The lowest BCUT2D eigenvalue weighted by atomic mass is 10.1. The van der Waals surface area contributed by atoms with Crippen molar-refractivity contribution in [1.29, 1.82) is 0 Å². The third-order valence-electron chi connectivity index (χ3n) is 2.89. The van der Waals surface area contributed by atoms with Crippen molar-refractivity contribution in [3.05, 3.63) is 27.1 Å². The number of aryl methyl sites for hydroxylation is 1. The number of pyridine rings is 1.